The van der Waals surface area contributed by atoms with Crippen molar-refractivity contribution in [3.8, 4) is 0 Å². The van der Waals surface area contributed by atoms with Gasteiger partial charge in [0.1, 0.15) is 5.82 Å². The van der Waals surface area contributed by atoms with Gasteiger partial charge in [0.25, 0.3) is 0 Å². The molecule has 1 aromatic rings. The Morgan fingerprint density at radius 1 is 1.47 bits per heavy atom. The number of hydrogen-bond acceptors (Lipinski definition) is 1. The van der Waals surface area contributed by atoms with Crippen molar-refractivity contribution in [1.29, 1.82) is 0 Å². The van der Waals surface area contributed by atoms with Gasteiger partial charge in [-0.15, -0.1) is 0 Å². The van der Waals surface area contributed by atoms with Gasteiger partial charge < -0.3 is 4.90 Å². The van der Waals surface area contributed by atoms with E-state index in [1.54, 1.807) is 6.07 Å². The number of benzene rings is 1. The Morgan fingerprint density at radius 2 is 2.29 bits per heavy atom. The van der Waals surface area contributed by atoms with Gasteiger partial charge in [0.2, 0.25) is 0 Å². The molecule has 0 N–H and O–H groups in total. The maximum absolute atomic E-state index is 13.7. The fourth-order valence-corrected chi connectivity index (χ4v) is 3.15. The van der Waals surface area contributed by atoms with Crippen LogP contribution < -0.4 is 4.90 Å². The van der Waals surface area contributed by atoms with Gasteiger partial charge in [0.05, 0.1) is 0 Å². The molecule has 3 heteroatoms. The van der Waals surface area contributed by atoms with Gasteiger partial charge in [-0.2, -0.15) is 0 Å². The van der Waals surface area contributed by atoms with E-state index in [1.807, 2.05) is 12.1 Å². The van der Waals surface area contributed by atoms with Crippen LogP contribution in [-0.4, -0.2) is 13.1 Å². The molecule has 0 aromatic heterocycles. The molecule has 2 rings (SSSR count). The average molecular weight is 300 g/mol. The molecule has 0 amide bonds. The zero-order chi connectivity index (χ0) is 12.3. The van der Waals surface area contributed by atoms with Gasteiger partial charge in [-0.05, 0) is 30.9 Å². The van der Waals surface area contributed by atoms with Crippen molar-refractivity contribution >= 4 is 21.6 Å². The fraction of sp³-hybridized carbons (Fsp3) is 0.571. The lowest BCUT2D eigenvalue weighted by Gasteiger charge is -2.35. The number of nitrogens with zero attached hydrogens (tertiary/aromatic N) is 1. The van der Waals surface area contributed by atoms with Crippen LogP contribution in [-0.2, 0) is 5.33 Å². The molecule has 94 valence electrons. The monoisotopic (exact) mass is 299 g/mol. The molecule has 0 bridgehead atoms. The van der Waals surface area contributed by atoms with E-state index < -0.39 is 0 Å². The second-order valence-electron chi connectivity index (χ2n) is 4.73. The number of halogens is 2. The maximum atomic E-state index is 13.7. The van der Waals surface area contributed by atoms with Crippen LogP contribution in [0.2, 0.25) is 0 Å². The Balaban J connectivity index is 2.24. The summed E-state index contributed by atoms with van der Waals surface area (Å²) in [6.07, 6.45) is 3.75. The van der Waals surface area contributed by atoms with E-state index in [1.165, 1.54) is 19.3 Å². The van der Waals surface area contributed by atoms with Gasteiger partial charge in [0, 0.05) is 29.7 Å². The zero-order valence-electron chi connectivity index (χ0n) is 10.3. The minimum absolute atomic E-state index is 0.0991. The summed E-state index contributed by atoms with van der Waals surface area (Å²) in [4.78, 5) is 2.34. The Kier molecular flexibility index (Phi) is 4.43. The minimum atomic E-state index is -0.0991. The Hall–Kier alpha value is -0.570. The molecule has 1 nitrogen and oxygen atoms in total. The lowest BCUT2D eigenvalue weighted by atomic mass is 9.95. The van der Waals surface area contributed by atoms with Crippen LogP contribution in [0.1, 0.15) is 31.7 Å². The molecular formula is C14H19BrFN. The Bertz CT molecular complexity index is 380. The summed E-state index contributed by atoms with van der Waals surface area (Å²) in [6.45, 7) is 4.37. The molecule has 0 saturated carbocycles. The molecule has 1 atom stereocenters. The van der Waals surface area contributed by atoms with Gasteiger partial charge >= 0.3 is 0 Å². The van der Waals surface area contributed by atoms with Gasteiger partial charge in [-0.1, -0.05) is 35.3 Å². The van der Waals surface area contributed by atoms with E-state index >= 15 is 0 Å². The first-order chi connectivity index (χ1) is 8.26. The highest BCUT2D eigenvalue weighted by molar-refractivity contribution is 9.08. The van der Waals surface area contributed by atoms with E-state index in [9.17, 15) is 4.39 Å². The van der Waals surface area contributed by atoms with Crippen molar-refractivity contribution in [3.05, 3.63) is 29.6 Å². The van der Waals surface area contributed by atoms with Crippen molar-refractivity contribution in [2.24, 2.45) is 5.92 Å². The summed E-state index contributed by atoms with van der Waals surface area (Å²) in [5, 5.41) is 0.586. The highest BCUT2D eigenvalue weighted by Gasteiger charge is 2.21. The maximum Gasteiger partial charge on any atom is 0.129 e. The predicted molar refractivity (Wildman–Crippen MR) is 74.3 cm³/mol. The largest absolute Gasteiger partial charge is 0.371 e. The number of rotatable bonds is 3. The van der Waals surface area contributed by atoms with Crippen LogP contribution in [0.3, 0.4) is 0 Å². The molecule has 1 aliphatic heterocycles. The first kappa shape index (κ1) is 12.9. The molecule has 1 saturated heterocycles. The zero-order valence-corrected chi connectivity index (χ0v) is 11.8. The average Bonchev–Trinajstić information content (AvgIpc) is 2.38. The molecule has 1 heterocycles. The third-order valence-corrected chi connectivity index (χ3v) is 4.23. The van der Waals surface area contributed by atoms with Crippen molar-refractivity contribution < 1.29 is 4.39 Å². The summed E-state index contributed by atoms with van der Waals surface area (Å²) in [6, 6.07) is 5.39. The van der Waals surface area contributed by atoms with Crippen molar-refractivity contribution in [2.75, 3.05) is 18.0 Å². The van der Waals surface area contributed by atoms with Crippen molar-refractivity contribution in [3.63, 3.8) is 0 Å². The van der Waals surface area contributed by atoms with Crippen LogP contribution in [0.15, 0.2) is 18.2 Å². The molecule has 0 spiro atoms. The fourth-order valence-electron chi connectivity index (χ4n) is 2.59. The summed E-state index contributed by atoms with van der Waals surface area (Å²) in [5.74, 6) is 0.660. The van der Waals surface area contributed by atoms with E-state index in [2.05, 4.69) is 27.8 Å². The van der Waals surface area contributed by atoms with E-state index in [0.29, 0.717) is 5.33 Å². The van der Waals surface area contributed by atoms with Crippen molar-refractivity contribution in [1.82, 2.24) is 0 Å². The van der Waals surface area contributed by atoms with Crippen molar-refractivity contribution in [2.45, 2.75) is 31.5 Å². The Morgan fingerprint density at radius 3 is 3.00 bits per heavy atom. The molecule has 1 unspecified atom stereocenters. The third kappa shape index (κ3) is 2.82. The number of piperidine rings is 1. The van der Waals surface area contributed by atoms with Crippen LogP contribution in [0, 0.1) is 11.7 Å². The first-order valence-electron chi connectivity index (χ1n) is 6.34. The minimum Gasteiger partial charge on any atom is -0.371 e. The van der Waals surface area contributed by atoms with Crippen LogP contribution in [0.4, 0.5) is 10.1 Å². The molecule has 1 aromatic carbocycles. The normalized spacial score (nSPS) is 20.6. The number of alkyl halides is 1. The molecular weight excluding hydrogens is 281 g/mol. The SMILES string of the molecule is CCC1CCCN(c2cccc(F)c2CBr)C1. The number of anilines is 1. The highest BCUT2D eigenvalue weighted by atomic mass is 79.9. The molecule has 1 fully saturated rings. The van der Waals surface area contributed by atoms with E-state index in [4.69, 9.17) is 0 Å². The lowest BCUT2D eigenvalue weighted by molar-refractivity contribution is 0.404. The van der Waals surface area contributed by atoms with Gasteiger partial charge in [-0.3, -0.25) is 0 Å². The summed E-state index contributed by atoms with van der Waals surface area (Å²) in [7, 11) is 0. The van der Waals surface area contributed by atoms with E-state index in [0.717, 1.165) is 30.3 Å². The summed E-state index contributed by atoms with van der Waals surface area (Å²) >= 11 is 3.39. The topological polar surface area (TPSA) is 3.24 Å². The third-order valence-electron chi connectivity index (χ3n) is 3.66. The highest BCUT2D eigenvalue weighted by Crippen LogP contribution is 2.30. The molecule has 0 aliphatic carbocycles. The molecule has 17 heavy (non-hydrogen) atoms. The summed E-state index contributed by atoms with van der Waals surface area (Å²) < 4.78 is 13.7. The first-order valence-corrected chi connectivity index (χ1v) is 7.46. The molecule has 1 aliphatic rings. The number of hydrogen-bond donors (Lipinski definition) is 0. The van der Waals surface area contributed by atoms with Crippen LogP contribution in [0.25, 0.3) is 0 Å². The quantitative estimate of drug-likeness (QED) is 0.750. The van der Waals surface area contributed by atoms with Crippen LogP contribution in [0.5, 0.6) is 0 Å². The smallest absolute Gasteiger partial charge is 0.129 e. The molecule has 0 radical (unpaired) electrons. The standard InChI is InChI=1S/C14H19BrFN/c1-2-11-5-4-8-17(10-11)14-7-3-6-13(16)12(14)9-15/h3,6-7,11H,2,4-5,8-10H2,1H3. The lowest BCUT2D eigenvalue weighted by Crippen LogP contribution is -2.35. The van der Waals surface area contributed by atoms with Gasteiger partial charge in [0.15, 0.2) is 0 Å². The second kappa shape index (κ2) is 5.85. The second-order valence-corrected chi connectivity index (χ2v) is 5.29. The van der Waals surface area contributed by atoms with E-state index in [-0.39, 0.29) is 5.82 Å². The Labute approximate surface area is 111 Å². The van der Waals surface area contributed by atoms with Gasteiger partial charge in [-0.25, -0.2) is 4.39 Å². The van der Waals surface area contributed by atoms with Crippen LogP contribution >= 0.6 is 15.9 Å². The predicted octanol–water partition coefficient (Wildman–Crippen LogP) is 4.35. The summed E-state index contributed by atoms with van der Waals surface area (Å²) in [5.41, 5.74) is 1.87.